The highest BCUT2D eigenvalue weighted by molar-refractivity contribution is 5.90. The number of cyclic esters (lactones) is 1. The van der Waals surface area contributed by atoms with Gasteiger partial charge in [-0.1, -0.05) is 6.07 Å². The number of pyridine rings is 1. The molecule has 10 heteroatoms. The maximum atomic E-state index is 14.7. The summed E-state index contributed by atoms with van der Waals surface area (Å²) in [6.45, 7) is -2.72. The molecule has 1 fully saturated rings. The van der Waals surface area contributed by atoms with Crippen LogP contribution in [0, 0.1) is 5.82 Å². The van der Waals surface area contributed by atoms with Crippen LogP contribution in [-0.2, 0) is 11.7 Å². The highest BCUT2D eigenvalue weighted by atomic mass is 19.1. The molecule has 3 heterocycles. The molecule has 1 saturated heterocycles. The van der Waals surface area contributed by atoms with Gasteiger partial charge in [0.25, 0.3) is 0 Å². The lowest BCUT2D eigenvalue weighted by Crippen LogP contribution is -2.25. The van der Waals surface area contributed by atoms with E-state index >= 15 is 0 Å². The van der Waals surface area contributed by atoms with Gasteiger partial charge in [0.2, 0.25) is 5.82 Å². The first-order chi connectivity index (χ1) is 14.3. The molecule has 1 aliphatic heterocycles. The van der Waals surface area contributed by atoms with Gasteiger partial charge in [-0.25, -0.2) is 9.18 Å². The van der Waals surface area contributed by atoms with Crippen LogP contribution in [0.15, 0.2) is 36.5 Å². The molecule has 3 aromatic rings. The average molecular weight is 373 g/mol. The molecule has 138 valence electrons. The Morgan fingerprint density at radius 2 is 2.30 bits per heavy atom. The molecule has 0 unspecified atom stereocenters. The molecule has 0 bridgehead atoms. The van der Waals surface area contributed by atoms with Crippen LogP contribution < -0.4 is 4.90 Å². The molecule has 1 aromatic carbocycles. The van der Waals surface area contributed by atoms with E-state index in [-0.39, 0.29) is 30.2 Å². The molecule has 1 amide bonds. The number of anilines is 1. The summed E-state index contributed by atoms with van der Waals surface area (Å²) in [4.78, 5) is 17.8. The predicted molar refractivity (Wildman–Crippen MR) is 92.1 cm³/mol. The Bertz CT molecular complexity index is 1090. The lowest BCUT2D eigenvalue weighted by molar-refractivity contribution is 0.0963. The fourth-order valence-electron chi connectivity index (χ4n) is 2.74. The molecule has 0 radical (unpaired) electrons. The van der Waals surface area contributed by atoms with Gasteiger partial charge in [0, 0.05) is 21.4 Å². The highest BCUT2D eigenvalue weighted by Gasteiger charge is 2.32. The maximum absolute atomic E-state index is 14.7. The van der Waals surface area contributed by atoms with Crippen molar-refractivity contribution in [1.82, 2.24) is 25.2 Å². The number of aromatic nitrogens is 5. The van der Waals surface area contributed by atoms with Crippen LogP contribution in [0.5, 0.6) is 0 Å². The standard InChI is InChI=1S/C17H15FN6O3/c1-23-21-16(20-22-23)15-5-2-10(7-19-15)13-4-3-11(6-14(13)18)24-8-12(9-25)27-17(24)26/h2-7,12,25H,8-9H2,1H3/t12-/m1/s1/i1D3. The van der Waals surface area contributed by atoms with E-state index in [9.17, 15) is 9.18 Å². The molecule has 0 aliphatic carbocycles. The van der Waals surface area contributed by atoms with Crippen molar-refractivity contribution in [1.29, 1.82) is 0 Å². The molecule has 0 spiro atoms. The van der Waals surface area contributed by atoms with Gasteiger partial charge in [0.05, 0.1) is 25.8 Å². The van der Waals surface area contributed by atoms with Crippen LogP contribution in [0.2, 0.25) is 0 Å². The van der Waals surface area contributed by atoms with E-state index in [0.29, 0.717) is 16.0 Å². The summed E-state index contributed by atoms with van der Waals surface area (Å²) in [7, 11) is 0. The second kappa shape index (κ2) is 6.72. The molecule has 1 aliphatic rings. The van der Waals surface area contributed by atoms with Crippen molar-refractivity contribution in [2.24, 2.45) is 6.98 Å². The molecule has 0 saturated carbocycles. The molecule has 27 heavy (non-hydrogen) atoms. The van der Waals surface area contributed by atoms with Crippen LogP contribution in [0.1, 0.15) is 4.11 Å². The van der Waals surface area contributed by atoms with Crippen molar-refractivity contribution in [3.05, 3.63) is 42.3 Å². The first-order valence-corrected chi connectivity index (χ1v) is 7.92. The summed E-state index contributed by atoms with van der Waals surface area (Å²) >= 11 is 0. The number of nitrogens with zero attached hydrogens (tertiary/aromatic N) is 6. The lowest BCUT2D eigenvalue weighted by Gasteiger charge is -2.14. The smallest absolute Gasteiger partial charge is 0.414 e. The normalized spacial score (nSPS) is 18.7. The third-order valence-corrected chi connectivity index (χ3v) is 4.06. The summed E-state index contributed by atoms with van der Waals surface area (Å²) in [5, 5.41) is 20.0. The SMILES string of the molecule is [2H]C([2H])([2H])n1nnc(-c2ccc(-c3ccc(N4C[C@H](CO)OC4=O)cc3F)cn2)n1. The van der Waals surface area contributed by atoms with E-state index in [2.05, 4.69) is 20.4 Å². The van der Waals surface area contributed by atoms with Crippen molar-refractivity contribution < 1.29 is 23.1 Å². The number of aliphatic hydroxyl groups is 1. The molecular weight excluding hydrogens is 355 g/mol. The first-order valence-electron chi connectivity index (χ1n) is 9.42. The fraction of sp³-hybridized carbons (Fsp3) is 0.235. The minimum Gasteiger partial charge on any atom is -0.441 e. The Balaban J connectivity index is 1.56. The van der Waals surface area contributed by atoms with Crippen molar-refractivity contribution in [3.63, 3.8) is 0 Å². The number of hydrogen-bond acceptors (Lipinski definition) is 7. The van der Waals surface area contributed by atoms with Gasteiger partial charge in [0.15, 0.2) is 0 Å². The summed E-state index contributed by atoms with van der Waals surface area (Å²) in [5.41, 5.74) is 1.31. The van der Waals surface area contributed by atoms with Gasteiger partial charge in [-0.3, -0.25) is 9.88 Å². The summed E-state index contributed by atoms with van der Waals surface area (Å²) in [5.74, 6) is -0.548. The molecule has 1 atom stereocenters. The molecule has 4 rings (SSSR count). The average Bonchev–Trinajstić information content (AvgIpc) is 3.35. The Kier molecular flexibility index (Phi) is 3.43. The predicted octanol–water partition coefficient (Wildman–Crippen LogP) is 1.40. The highest BCUT2D eigenvalue weighted by Crippen LogP contribution is 2.29. The second-order valence-electron chi connectivity index (χ2n) is 5.80. The third-order valence-electron chi connectivity index (χ3n) is 4.06. The van der Waals surface area contributed by atoms with Crippen molar-refractivity contribution in [2.75, 3.05) is 18.1 Å². The summed E-state index contributed by atoms with van der Waals surface area (Å²) in [6, 6.07) is 7.38. The molecule has 9 nitrogen and oxygen atoms in total. The van der Waals surface area contributed by atoms with E-state index in [4.69, 9.17) is 14.0 Å². The number of benzene rings is 1. The number of halogens is 1. The number of tetrazole rings is 1. The number of carbonyl (C=O) groups excluding carboxylic acids is 1. The first kappa shape index (κ1) is 13.8. The largest absolute Gasteiger partial charge is 0.441 e. The molecule has 1 N–H and O–H groups in total. The van der Waals surface area contributed by atoms with Crippen molar-refractivity contribution >= 4 is 11.8 Å². The Labute approximate surface area is 157 Å². The van der Waals surface area contributed by atoms with E-state index in [1.165, 1.54) is 29.3 Å². The zero-order chi connectivity index (χ0) is 21.5. The number of aryl methyl sites for hydroxylation is 1. The van der Waals surface area contributed by atoms with Crippen molar-refractivity contribution in [2.45, 2.75) is 6.10 Å². The number of amides is 1. The lowest BCUT2D eigenvalue weighted by atomic mass is 10.1. The maximum Gasteiger partial charge on any atom is 0.414 e. The van der Waals surface area contributed by atoms with Gasteiger partial charge in [0.1, 0.15) is 17.6 Å². The molecular formula is C17H15FN6O3. The number of aliphatic hydroxyl groups excluding tert-OH is 1. The minimum absolute atomic E-state index is 0.0273. The number of rotatable bonds is 4. The number of hydrogen-bond donors (Lipinski definition) is 1. The van der Waals surface area contributed by atoms with E-state index in [1.54, 1.807) is 12.1 Å². The van der Waals surface area contributed by atoms with Gasteiger partial charge in [-0.2, -0.15) is 4.80 Å². The minimum atomic E-state index is -2.55. The fourth-order valence-corrected chi connectivity index (χ4v) is 2.74. The Hall–Kier alpha value is -3.40. The van der Waals surface area contributed by atoms with Crippen LogP contribution in [0.4, 0.5) is 14.9 Å². The van der Waals surface area contributed by atoms with Crippen LogP contribution in [0.25, 0.3) is 22.6 Å². The summed E-state index contributed by atoms with van der Waals surface area (Å²) < 4.78 is 41.4. The van der Waals surface area contributed by atoms with E-state index in [0.717, 1.165) is 0 Å². The zero-order valence-electron chi connectivity index (χ0n) is 16.8. The van der Waals surface area contributed by atoms with Crippen LogP contribution in [0.3, 0.4) is 0 Å². The van der Waals surface area contributed by atoms with Gasteiger partial charge < -0.3 is 9.84 Å². The van der Waals surface area contributed by atoms with Crippen LogP contribution >= 0.6 is 0 Å². The monoisotopic (exact) mass is 373 g/mol. The Morgan fingerprint density at radius 1 is 1.41 bits per heavy atom. The number of ether oxygens (including phenoxy) is 1. The Morgan fingerprint density at radius 3 is 2.93 bits per heavy atom. The topological polar surface area (TPSA) is 106 Å². The zero-order valence-corrected chi connectivity index (χ0v) is 13.8. The molecule has 2 aromatic heterocycles. The summed E-state index contributed by atoms with van der Waals surface area (Å²) in [6.07, 6.45) is 0.105. The number of carbonyl (C=O) groups is 1. The van der Waals surface area contributed by atoms with Crippen LogP contribution in [-0.4, -0.2) is 55.6 Å². The second-order valence-corrected chi connectivity index (χ2v) is 5.80. The van der Waals surface area contributed by atoms with E-state index < -0.39 is 25.0 Å². The third kappa shape index (κ3) is 3.22. The quantitative estimate of drug-likeness (QED) is 0.737. The van der Waals surface area contributed by atoms with Gasteiger partial charge in [-0.05, 0) is 29.5 Å². The van der Waals surface area contributed by atoms with Crippen molar-refractivity contribution in [3.8, 4) is 22.6 Å². The van der Waals surface area contributed by atoms with E-state index in [1.807, 2.05) is 0 Å². The van der Waals surface area contributed by atoms with Gasteiger partial charge in [-0.15, -0.1) is 10.2 Å². The van der Waals surface area contributed by atoms with Gasteiger partial charge >= 0.3 is 6.09 Å².